The first-order chi connectivity index (χ1) is 17.3. The Morgan fingerprint density at radius 3 is 2.53 bits per heavy atom. The molecule has 0 amide bonds. The van der Waals surface area contributed by atoms with Gasteiger partial charge in [0.05, 0.1) is 32.3 Å². The third-order valence-corrected chi connectivity index (χ3v) is 8.40. The highest BCUT2D eigenvalue weighted by Gasteiger charge is 2.36. The number of hydrogen-bond donors (Lipinski definition) is 3. The molecule has 2 aromatic heterocycles. The zero-order chi connectivity index (χ0) is 25.3. The lowest BCUT2D eigenvalue weighted by Gasteiger charge is -2.16. The summed E-state index contributed by atoms with van der Waals surface area (Å²) in [5.74, 6) is 0.935. The maximum absolute atomic E-state index is 12.5. The Bertz CT molecular complexity index is 1500. The first-order valence-corrected chi connectivity index (χ1v) is 14.0. The molecular weight excluding hydrogens is 542 g/mol. The van der Waals surface area contributed by atoms with Gasteiger partial charge in [0.15, 0.2) is 0 Å². The summed E-state index contributed by atoms with van der Waals surface area (Å²) >= 11 is 3.51. The van der Waals surface area contributed by atoms with Crippen LogP contribution in [0.3, 0.4) is 0 Å². The number of nitrogens with zero attached hydrogens (tertiary/aromatic N) is 4. The predicted molar refractivity (Wildman–Crippen MR) is 149 cm³/mol. The molecule has 188 valence electrons. The molecule has 0 aliphatic heterocycles. The van der Waals surface area contributed by atoms with Crippen LogP contribution in [0.1, 0.15) is 12.8 Å². The number of anilines is 5. The van der Waals surface area contributed by atoms with Crippen molar-refractivity contribution in [3.8, 4) is 0 Å². The van der Waals surface area contributed by atoms with Crippen LogP contribution in [-0.4, -0.2) is 53.7 Å². The maximum atomic E-state index is 12.5. The molecule has 1 saturated carbocycles. The zero-order valence-corrected chi connectivity index (χ0v) is 22.5. The molecule has 0 unspecified atom stereocenters. The average molecular weight is 571 g/mol. The lowest BCUT2D eigenvalue weighted by Crippen LogP contribution is -2.18. The van der Waals surface area contributed by atoms with Crippen molar-refractivity contribution >= 4 is 65.7 Å². The van der Waals surface area contributed by atoms with Crippen LogP contribution >= 0.6 is 15.9 Å². The van der Waals surface area contributed by atoms with Crippen molar-refractivity contribution in [3.05, 3.63) is 65.4 Å². The number of likely N-dealkylation sites (N-methyl/N-ethyl adjacent to an activating group) is 1. The lowest BCUT2D eigenvalue weighted by molar-refractivity contribution is 0.387. The summed E-state index contributed by atoms with van der Waals surface area (Å²) in [6.45, 7) is 1.78. The van der Waals surface area contributed by atoms with E-state index in [9.17, 15) is 8.42 Å². The fraction of sp³-hybridized carbons (Fsp3) is 0.280. The van der Waals surface area contributed by atoms with Gasteiger partial charge >= 0.3 is 0 Å². The van der Waals surface area contributed by atoms with E-state index in [-0.39, 0.29) is 5.25 Å². The number of aromatic nitrogens is 3. The molecule has 0 bridgehead atoms. The molecule has 2 aromatic carbocycles. The topological polar surface area (TPSA) is 104 Å². The van der Waals surface area contributed by atoms with Crippen LogP contribution in [0.15, 0.2) is 65.4 Å². The molecule has 5 rings (SSSR count). The SMILES string of the molecule is CN(C)CCn1ccc2cccc(Nc3ncc(Br)c(Nc4ccccc4NS(=O)(=O)C4CC4)n3)c21. The number of rotatable bonds is 10. The molecular formula is C25H28BrN7O2S. The number of halogens is 1. The third kappa shape index (κ3) is 5.48. The van der Waals surface area contributed by atoms with Crippen LogP contribution in [0.5, 0.6) is 0 Å². The first-order valence-electron chi connectivity index (χ1n) is 11.7. The number of para-hydroxylation sites is 3. The second kappa shape index (κ2) is 10.1. The number of nitrogens with one attached hydrogen (secondary N) is 3. The third-order valence-electron chi connectivity index (χ3n) is 5.96. The molecule has 2 heterocycles. The van der Waals surface area contributed by atoms with E-state index in [0.29, 0.717) is 40.5 Å². The Balaban J connectivity index is 1.41. The van der Waals surface area contributed by atoms with Crippen LogP contribution in [0.25, 0.3) is 10.9 Å². The van der Waals surface area contributed by atoms with Crippen LogP contribution in [0, 0.1) is 0 Å². The normalized spacial score (nSPS) is 13.8. The second-order valence-corrected chi connectivity index (χ2v) is 11.9. The Morgan fingerprint density at radius 1 is 1.03 bits per heavy atom. The maximum Gasteiger partial charge on any atom is 0.235 e. The summed E-state index contributed by atoms with van der Waals surface area (Å²) in [6, 6.07) is 15.4. The Kier molecular flexibility index (Phi) is 6.87. The minimum absolute atomic E-state index is 0.313. The fourth-order valence-electron chi connectivity index (χ4n) is 3.92. The number of sulfonamides is 1. The molecule has 1 aliphatic carbocycles. The van der Waals surface area contributed by atoms with Crippen LogP contribution in [0.4, 0.5) is 28.8 Å². The van der Waals surface area contributed by atoms with E-state index in [1.807, 2.05) is 24.3 Å². The standard InChI is InChI=1S/C25H28BrN7O2S/c1-32(2)14-15-33-13-12-17-6-5-9-22(23(17)33)29-25-27-16-19(26)24(30-25)28-20-7-3-4-8-21(20)31-36(34,35)18-10-11-18/h3-9,12-13,16,18,31H,10-11,14-15H2,1-2H3,(H2,27,28,29,30). The summed E-state index contributed by atoms with van der Waals surface area (Å²) < 4.78 is 30.6. The molecule has 0 saturated heterocycles. The van der Waals surface area contributed by atoms with Crippen molar-refractivity contribution in [2.45, 2.75) is 24.6 Å². The molecule has 9 nitrogen and oxygen atoms in total. The van der Waals surface area contributed by atoms with Gasteiger partial charge in [0.25, 0.3) is 0 Å². The lowest BCUT2D eigenvalue weighted by atomic mass is 10.2. The first kappa shape index (κ1) is 24.5. The van der Waals surface area contributed by atoms with Crippen molar-refractivity contribution < 1.29 is 8.42 Å². The number of fused-ring (bicyclic) bond motifs is 1. The number of benzene rings is 2. The van der Waals surface area contributed by atoms with Gasteiger partial charge in [-0.1, -0.05) is 24.3 Å². The number of hydrogen-bond acceptors (Lipinski definition) is 7. The summed E-state index contributed by atoms with van der Waals surface area (Å²) in [4.78, 5) is 11.3. The Morgan fingerprint density at radius 2 is 1.78 bits per heavy atom. The molecule has 36 heavy (non-hydrogen) atoms. The van der Waals surface area contributed by atoms with Crippen molar-refractivity contribution in [1.82, 2.24) is 19.4 Å². The summed E-state index contributed by atoms with van der Waals surface area (Å²) in [7, 11) is 0.724. The largest absolute Gasteiger partial charge is 0.345 e. The van der Waals surface area contributed by atoms with E-state index >= 15 is 0 Å². The van der Waals surface area contributed by atoms with E-state index in [0.717, 1.165) is 29.7 Å². The fourth-order valence-corrected chi connectivity index (χ4v) is 5.61. The van der Waals surface area contributed by atoms with E-state index in [2.05, 4.69) is 83.1 Å². The van der Waals surface area contributed by atoms with Gasteiger partial charge in [0.1, 0.15) is 5.82 Å². The molecule has 11 heteroatoms. The highest BCUT2D eigenvalue weighted by Crippen LogP contribution is 2.34. The average Bonchev–Trinajstić information content (AvgIpc) is 3.63. The molecule has 1 aliphatic rings. The van der Waals surface area contributed by atoms with E-state index in [4.69, 9.17) is 0 Å². The monoisotopic (exact) mass is 569 g/mol. The van der Waals surface area contributed by atoms with E-state index < -0.39 is 10.0 Å². The van der Waals surface area contributed by atoms with Gasteiger partial charge in [-0.25, -0.2) is 13.4 Å². The Hall–Kier alpha value is -3.15. The summed E-state index contributed by atoms with van der Waals surface area (Å²) in [5, 5.41) is 7.43. The van der Waals surface area contributed by atoms with E-state index in [1.165, 1.54) is 0 Å². The molecule has 4 aromatic rings. The van der Waals surface area contributed by atoms with Gasteiger partial charge < -0.3 is 20.1 Å². The van der Waals surface area contributed by atoms with Crippen LogP contribution < -0.4 is 15.4 Å². The molecule has 0 radical (unpaired) electrons. The molecule has 3 N–H and O–H groups in total. The van der Waals surface area contributed by atoms with Gasteiger partial charge in [-0.3, -0.25) is 4.72 Å². The van der Waals surface area contributed by atoms with Gasteiger partial charge in [-0.05, 0) is 67.1 Å². The highest BCUT2D eigenvalue weighted by atomic mass is 79.9. The van der Waals surface area contributed by atoms with Crippen LogP contribution in [-0.2, 0) is 16.6 Å². The molecule has 1 fully saturated rings. The van der Waals surface area contributed by atoms with Crippen LogP contribution in [0.2, 0.25) is 0 Å². The van der Waals surface area contributed by atoms with Crippen molar-refractivity contribution in [2.24, 2.45) is 0 Å². The van der Waals surface area contributed by atoms with Gasteiger partial charge in [0, 0.05) is 30.9 Å². The van der Waals surface area contributed by atoms with Crippen molar-refractivity contribution in [2.75, 3.05) is 36.0 Å². The van der Waals surface area contributed by atoms with Crippen molar-refractivity contribution in [3.63, 3.8) is 0 Å². The predicted octanol–water partition coefficient (Wildman–Crippen LogP) is 5.15. The summed E-state index contributed by atoms with van der Waals surface area (Å²) in [6.07, 6.45) is 5.15. The molecule has 0 spiro atoms. The van der Waals surface area contributed by atoms with Gasteiger partial charge in [-0.15, -0.1) is 0 Å². The quantitative estimate of drug-likeness (QED) is 0.242. The zero-order valence-electron chi connectivity index (χ0n) is 20.1. The van der Waals surface area contributed by atoms with Gasteiger partial charge in [-0.2, -0.15) is 4.98 Å². The van der Waals surface area contributed by atoms with Crippen molar-refractivity contribution in [1.29, 1.82) is 0 Å². The minimum Gasteiger partial charge on any atom is -0.345 e. The van der Waals surface area contributed by atoms with Gasteiger partial charge in [0.2, 0.25) is 16.0 Å². The highest BCUT2D eigenvalue weighted by molar-refractivity contribution is 9.10. The molecule has 0 atom stereocenters. The summed E-state index contributed by atoms with van der Waals surface area (Å²) in [5.41, 5.74) is 3.07. The Labute approximate surface area is 219 Å². The van der Waals surface area contributed by atoms with E-state index in [1.54, 1.807) is 18.3 Å². The smallest absolute Gasteiger partial charge is 0.235 e. The minimum atomic E-state index is -3.40. The second-order valence-electron chi connectivity index (χ2n) is 9.09.